The lowest BCUT2D eigenvalue weighted by Gasteiger charge is -2.32. The molecule has 0 aliphatic carbocycles. The molecule has 1 aliphatic rings. The third-order valence-electron chi connectivity index (χ3n) is 5.81. The van der Waals surface area contributed by atoms with Crippen LogP contribution >= 0.6 is 0 Å². The normalized spacial score (nSPS) is 13.7. The number of benzene rings is 2. The second-order valence-electron chi connectivity index (χ2n) is 8.19. The van der Waals surface area contributed by atoms with Crippen LogP contribution in [0.25, 0.3) is 0 Å². The SMILES string of the molecule is CC(=O)NCCNC(=O)Nc1cc(C(=O)N2CCC(c3ccc(C#N)cc3)CC2)ccc1C. The number of urea groups is 1. The van der Waals surface area contributed by atoms with Gasteiger partial charge >= 0.3 is 6.03 Å². The van der Waals surface area contributed by atoms with Crippen molar-refractivity contribution in [2.45, 2.75) is 32.6 Å². The van der Waals surface area contributed by atoms with Gasteiger partial charge in [-0.05, 0) is 61.1 Å². The molecule has 0 radical (unpaired) electrons. The Kier molecular flexibility index (Phi) is 8.03. The Labute approximate surface area is 194 Å². The molecule has 2 aromatic rings. The van der Waals surface area contributed by atoms with Crippen LogP contribution < -0.4 is 16.0 Å². The van der Waals surface area contributed by atoms with Gasteiger partial charge in [0.1, 0.15) is 0 Å². The summed E-state index contributed by atoms with van der Waals surface area (Å²) in [6.07, 6.45) is 1.73. The highest BCUT2D eigenvalue weighted by Gasteiger charge is 2.25. The van der Waals surface area contributed by atoms with E-state index in [4.69, 9.17) is 5.26 Å². The molecule has 172 valence electrons. The van der Waals surface area contributed by atoms with Gasteiger partial charge in [-0.1, -0.05) is 18.2 Å². The summed E-state index contributed by atoms with van der Waals surface area (Å²) >= 11 is 0. The first-order valence-corrected chi connectivity index (χ1v) is 11.1. The smallest absolute Gasteiger partial charge is 0.319 e. The Hall–Kier alpha value is -3.86. The van der Waals surface area contributed by atoms with Crippen molar-refractivity contribution in [3.05, 3.63) is 64.7 Å². The monoisotopic (exact) mass is 447 g/mol. The molecule has 3 rings (SSSR count). The lowest BCUT2D eigenvalue weighted by atomic mass is 9.89. The molecule has 8 nitrogen and oxygen atoms in total. The van der Waals surface area contributed by atoms with E-state index in [1.807, 2.05) is 42.2 Å². The van der Waals surface area contributed by atoms with E-state index < -0.39 is 6.03 Å². The third-order valence-corrected chi connectivity index (χ3v) is 5.81. The topological polar surface area (TPSA) is 114 Å². The number of aryl methyl sites for hydroxylation is 1. The Morgan fingerprint density at radius 2 is 1.70 bits per heavy atom. The summed E-state index contributed by atoms with van der Waals surface area (Å²) in [4.78, 5) is 38.0. The van der Waals surface area contributed by atoms with Crippen LogP contribution in [0.5, 0.6) is 0 Å². The van der Waals surface area contributed by atoms with Gasteiger partial charge in [0.2, 0.25) is 5.91 Å². The molecule has 0 unspecified atom stereocenters. The predicted octanol–water partition coefficient (Wildman–Crippen LogP) is 3.14. The van der Waals surface area contributed by atoms with E-state index in [2.05, 4.69) is 22.0 Å². The molecule has 1 saturated heterocycles. The van der Waals surface area contributed by atoms with Crippen molar-refractivity contribution < 1.29 is 14.4 Å². The number of likely N-dealkylation sites (tertiary alicyclic amines) is 1. The molecule has 1 aliphatic heterocycles. The van der Waals surface area contributed by atoms with E-state index in [0.717, 1.165) is 18.4 Å². The first kappa shape index (κ1) is 23.8. The van der Waals surface area contributed by atoms with Crippen molar-refractivity contribution in [3.8, 4) is 6.07 Å². The van der Waals surface area contributed by atoms with Crippen LogP contribution in [-0.4, -0.2) is 48.9 Å². The Balaban J connectivity index is 1.56. The summed E-state index contributed by atoms with van der Waals surface area (Å²) in [7, 11) is 0. The fourth-order valence-electron chi connectivity index (χ4n) is 3.90. The molecule has 0 atom stereocenters. The highest BCUT2D eigenvalue weighted by Crippen LogP contribution is 2.29. The van der Waals surface area contributed by atoms with Gasteiger partial charge in [-0.15, -0.1) is 0 Å². The summed E-state index contributed by atoms with van der Waals surface area (Å²) in [5.74, 6) is 0.167. The van der Waals surface area contributed by atoms with Crippen molar-refractivity contribution in [1.82, 2.24) is 15.5 Å². The number of anilines is 1. The fourth-order valence-corrected chi connectivity index (χ4v) is 3.90. The fraction of sp³-hybridized carbons (Fsp3) is 0.360. The maximum absolute atomic E-state index is 13.1. The number of carbonyl (C=O) groups is 3. The van der Waals surface area contributed by atoms with Gasteiger partial charge in [0.25, 0.3) is 5.91 Å². The number of nitrogens with one attached hydrogen (secondary N) is 3. The molecule has 0 spiro atoms. The first-order chi connectivity index (χ1) is 15.9. The van der Waals surface area contributed by atoms with Crippen LogP contribution in [0.1, 0.15) is 52.7 Å². The molecule has 3 N–H and O–H groups in total. The Bertz CT molecular complexity index is 1050. The first-order valence-electron chi connectivity index (χ1n) is 11.1. The minimum absolute atomic E-state index is 0.0533. The number of amides is 4. The average molecular weight is 448 g/mol. The maximum atomic E-state index is 13.1. The second-order valence-corrected chi connectivity index (χ2v) is 8.19. The number of piperidine rings is 1. The molecule has 2 aromatic carbocycles. The quantitative estimate of drug-likeness (QED) is 0.590. The molecule has 8 heteroatoms. The zero-order valence-electron chi connectivity index (χ0n) is 19.0. The van der Waals surface area contributed by atoms with E-state index >= 15 is 0 Å². The highest BCUT2D eigenvalue weighted by molar-refractivity contribution is 5.97. The Morgan fingerprint density at radius 3 is 2.33 bits per heavy atom. The largest absolute Gasteiger partial charge is 0.355 e. The van der Waals surface area contributed by atoms with Gasteiger partial charge in [-0.3, -0.25) is 9.59 Å². The van der Waals surface area contributed by atoms with Crippen molar-refractivity contribution in [2.24, 2.45) is 0 Å². The van der Waals surface area contributed by atoms with Crippen molar-refractivity contribution in [2.75, 3.05) is 31.5 Å². The van der Waals surface area contributed by atoms with E-state index in [0.29, 0.717) is 48.9 Å². The van der Waals surface area contributed by atoms with Gasteiger partial charge in [-0.25, -0.2) is 4.79 Å². The number of rotatable bonds is 6. The van der Waals surface area contributed by atoms with Crippen LogP contribution in [0.3, 0.4) is 0 Å². The van der Waals surface area contributed by atoms with Crippen LogP contribution in [-0.2, 0) is 4.79 Å². The molecule has 1 heterocycles. The van der Waals surface area contributed by atoms with Crippen LogP contribution in [0.4, 0.5) is 10.5 Å². The molecular formula is C25H29N5O3. The maximum Gasteiger partial charge on any atom is 0.319 e. The summed E-state index contributed by atoms with van der Waals surface area (Å²) in [5.41, 5.74) is 3.81. The minimum Gasteiger partial charge on any atom is -0.355 e. The number of hydrogen-bond donors (Lipinski definition) is 3. The van der Waals surface area contributed by atoms with E-state index in [9.17, 15) is 14.4 Å². The zero-order valence-corrected chi connectivity index (χ0v) is 19.0. The molecular weight excluding hydrogens is 418 g/mol. The lowest BCUT2D eigenvalue weighted by Crippen LogP contribution is -2.38. The van der Waals surface area contributed by atoms with Gasteiger partial charge in [0.15, 0.2) is 0 Å². The molecule has 4 amide bonds. The molecule has 0 bridgehead atoms. The number of carbonyl (C=O) groups excluding carboxylic acids is 3. The zero-order chi connectivity index (χ0) is 23.8. The van der Waals surface area contributed by atoms with Gasteiger partial charge in [0, 0.05) is 44.4 Å². The lowest BCUT2D eigenvalue weighted by molar-refractivity contribution is -0.118. The standard InChI is InChI=1S/C25H29N5O3/c1-17-3-6-22(15-23(17)29-25(33)28-12-11-27-18(2)31)24(32)30-13-9-21(10-14-30)20-7-4-19(16-26)5-8-20/h3-8,15,21H,9-14H2,1-2H3,(H,27,31)(H2,28,29,33). The van der Waals surface area contributed by atoms with E-state index in [-0.39, 0.29) is 11.8 Å². The van der Waals surface area contributed by atoms with Gasteiger partial charge < -0.3 is 20.9 Å². The summed E-state index contributed by atoms with van der Waals surface area (Å²) in [5, 5.41) is 17.0. The number of nitriles is 1. The van der Waals surface area contributed by atoms with Crippen molar-refractivity contribution >= 4 is 23.5 Å². The second kappa shape index (κ2) is 11.1. The minimum atomic E-state index is -0.392. The van der Waals surface area contributed by atoms with E-state index in [1.54, 1.807) is 12.1 Å². The van der Waals surface area contributed by atoms with Crippen LogP contribution in [0.15, 0.2) is 42.5 Å². The highest BCUT2D eigenvalue weighted by atomic mass is 16.2. The van der Waals surface area contributed by atoms with Crippen LogP contribution in [0, 0.1) is 18.3 Å². The molecule has 0 aromatic heterocycles. The predicted molar refractivity (Wildman–Crippen MR) is 126 cm³/mol. The summed E-state index contributed by atoms with van der Waals surface area (Å²) < 4.78 is 0. The molecule has 0 saturated carbocycles. The molecule has 1 fully saturated rings. The van der Waals surface area contributed by atoms with E-state index in [1.165, 1.54) is 12.5 Å². The summed E-state index contributed by atoms with van der Waals surface area (Å²) in [6.45, 7) is 5.25. The summed E-state index contributed by atoms with van der Waals surface area (Å²) in [6, 6.07) is 14.7. The van der Waals surface area contributed by atoms with Crippen molar-refractivity contribution in [1.29, 1.82) is 5.26 Å². The third kappa shape index (κ3) is 6.56. The Morgan fingerprint density at radius 1 is 1.03 bits per heavy atom. The number of nitrogens with zero attached hydrogens (tertiary/aromatic N) is 2. The van der Waals surface area contributed by atoms with Crippen LogP contribution in [0.2, 0.25) is 0 Å². The van der Waals surface area contributed by atoms with Gasteiger partial charge in [-0.2, -0.15) is 5.26 Å². The molecule has 33 heavy (non-hydrogen) atoms. The van der Waals surface area contributed by atoms with Crippen molar-refractivity contribution in [3.63, 3.8) is 0 Å². The van der Waals surface area contributed by atoms with Gasteiger partial charge in [0.05, 0.1) is 11.6 Å². The number of hydrogen-bond acceptors (Lipinski definition) is 4. The average Bonchev–Trinajstić information content (AvgIpc) is 2.83.